The van der Waals surface area contributed by atoms with E-state index in [1.165, 1.54) is 0 Å². The molecule has 0 saturated carbocycles. The number of aromatic nitrogens is 2. The van der Waals surface area contributed by atoms with Crippen LogP contribution in [-0.4, -0.2) is 41.0 Å². The molecule has 24 heavy (non-hydrogen) atoms. The predicted octanol–water partition coefficient (Wildman–Crippen LogP) is 3.00. The third kappa shape index (κ3) is 3.64. The number of carbonyl (C=O) groups excluding carboxylic acids is 1. The first-order valence-corrected chi connectivity index (χ1v) is 8.05. The maximum Gasteiger partial charge on any atom is 0.241 e. The number of hydrogen-bond acceptors (Lipinski definition) is 5. The Kier molecular flexibility index (Phi) is 4.93. The zero-order chi connectivity index (χ0) is 16.9. The van der Waals surface area contributed by atoms with E-state index in [9.17, 15) is 4.79 Å². The first-order valence-electron chi connectivity index (χ1n) is 8.05. The third-order valence-electron chi connectivity index (χ3n) is 4.20. The standard InChI is InChI=1S/C18H21N3O3/c1-13(22)21-10-4-5-14(12-21)17-18(20-9-8-19-17)24-16-7-3-6-15(11-16)23-2/h3,6-9,11,14H,4-5,10,12H2,1-2H3/t14-/m1/s1. The van der Waals surface area contributed by atoms with Gasteiger partial charge in [0.25, 0.3) is 0 Å². The van der Waals surface area contributed by atoms with Gasteiger partial charge in [-0.1, -0.05) is 6.07 Å². The van der Waals surface area contributed by atoms with E-state index in [0.717, 1.165) is 30.8 Å². The minimum atomic E-state index is 0.0962. The Bertz CT molecular complexity index is 720. The van der Waals surface area contributed by atoms with Gasteiger partial charge in [0.15, 0.2) is 0 Å². The summed E-state index contributed by atoms with van der Waals surface area (Å²) in [6.45, 7) is 3.06. The lowest BCUT2D eigenvalue weighted by Gasteiger charge is -2.32. The molecule has 126 valence electrons. The average Bonchev–Trinajstić information content (AvgIpc) is 2.62. The number of likely N-dealkylation sites (tertiary alicyclic amines) is 1. The third-order valence-corrected chi connectivity index (χ3v) is 4.20. The molecule has 0 aliphatic carbocycles. The highest BCUT2D eigenvalue weighted by Crippen LogP contribution is 2.33. The van der Waals surface area contributed by atoms with Crippen molar-refractivity contribution in [3.05, 3.63) is 42.4 Å². The van der Waals surface area contributed by atoms with E-state index in [-0.39, 0.29) is 11.8 Å². The lowest BCUT2D eigenvalue weighted by molar-refractivity contribution is -0.130. The molecule has 0 N–H and O–H groups in total. The second-order valence-corrected chi connectivity index (χ2v) is 5.83. The first-order chi connectivity index (χ1) is 11.7. The monoisotopic (exact) mass is 327 g/mol. The van der Waals surface area contributed by atoms with Crippen LogP contribution in [0, 0.1) is 0 Å². The van der Waals surface area contributed by atoms with E-state index >= 15 is 0 Å². The maximum absolute atomic E-state index is 11.7. The molecule has 1 amide bonds. The Morgan fingerprint density at radius 2 is 2.04 bits per heavy atom. The van der Waals surface area contributed by atoms with Gasteiger partial charge in [0.1, 0.15) is 17.2 Å². The summed E-state index contributed by atoms with van der Waals surface area (Å²) in [6.07, 6.45) is 5.21. The van der Waals surface area contributed by atoms with E-state index in [2.05, 4.69) is 9.97 Å². The summed E-state index contributed by atoms with van der Waals surface area (Å²) in [7, 11) is 1.62. The van der Waals surface area contributed by atoms with Crippen molar-refractivity contribution in [2.24, 2.45) is 0 Å². The van der Waals surface area contributed by atoms with Crippen LogP contribution < -0.4 is 9.47 Å². The fraction of sp³-hybridized carbons (Fsp3) is 0.389. The number of amides is 1. The molecule has 1 fully saturated rings. The molecule has 2 heterocycles. The molecule has 1 atom stereocenters. The van der Waals surface area contributed by atoms with E-state index < -0.39 is 0 Å². The van der Waals surface area contributed by atoms with Gasteiger partial charge in [-0.15, -0.1) is 0 Å². The zero-order valence-corrected chi connectivity index (χ0v) is 13.9. The molecule has 6 heteroatoms. The summed E-state index contributed by atoms with van der Waals surface area (Å²) in [4.78, 5) is 22.3. The quantitative estimate of drug-likeness (QED) is 0.864. The molecule has 6 nitrogen and oxygen atoms in total. The van der Waals surface area contributed by atoms with Crippen molar-refractivity contribution in [1.82, 2.24) is 14.9 Å². The number of ether oxygens (including phenoxy) is 2. The van der Waals surface area contributed by atoms with Crippen molar-refractivity contribution >= 4 is 5.91 Å². The van der Waals surface area contributed by atoms with Gasteiger partial charge in [-0.2, -0.15) is 0 Å². The summed E-state index contributed by atoms with van der Waals surface area (Å²) in [5.74, 6) is 2.09. The molecule has 1 aromatic heterocycles. The molecule has 0 unspecified atom stereocenters. The zero-order valence-electron chi connectivity index (χ0n) is 13.9. The highest BCUT2D eigenvalue weighted by molar-refractivity contribution is 5.73. The van der Waals surface area contributed by atoms with Crippen molar-refractivity contribution in [3.63, 3.8) is 0 Å². The maximum atomic E-state index is 11.7. The van der Waals surface area contributed by atoms with Crippen molar-refractivity contribution in [3.8, 4) is 17.4 Å². The number of nitrogens with zero attached hydrogens (tertiary/aromatic N) is 3. The Morgan fingerprint density at radius 3 is 2.83 bits per heavy atom. The largest absolute Gasteiger partial charge is 0.497 e. The van der Waals surface area contributed by atoms with Gasteiger partial charge in [-0.05, 0) is 25.0 Å². The predicted molar refractivity (Wildman–Crippen MR) is 89.3 cm³/mol. The fourth-order valence-corrected chi connectivity index (χ4v) is 2.96. The second kappa shape index (κ2) is 7.29. The second-order valence-electron chi connectivity index (χ2n) is 5.83. The van der Waals surface area contributed by atoms with E-state index in [4.69, 9.17) is 9.47 Å². The van der Waals surface area contributed by atoms with E-state index in [0.29, 0.717) is 18.2 Å². The van der Waals surface area contributed by atoms with Gasteiger partial charge in [0, 0.05) is 44.4 Å². The number of piperidine rings is 1. The van der Waals surface area contributed by atoms with Gasteiger partial charge >= 0.3 is 0 Å². The molecule has 0 bridgehead atoms. The molecule has 1 saturated heterocycles. The normalized spacial score (nSPS) is 17.4. The molecule has 1 aromatic carbocycles. The van der Waals surface area contributed by atoms with Crippen LogP contribution >= 0.6 is 0 Å². The summed E-state index contributed by atoms with van der Waals surface area (Å²) < 4.78 is 11.2. The molecule has 1 aliphatic rings. The summed E-state index contributed by atoms with van der Waals surface area (Å²) in [5.41, 5.74) is 0.797. The lowest BCUT2D eigenvalue weighted by Crippen LogP contribution is -2.38. The number of hydrogen-bond donors (Lipinski definition) is 0. The summed E-state index contributed by atoms with van der Waals surface area (Å²) in [5, 5.41) is 0. The van der Waals surface area contributed by atoms with Gasteiger partial charge in [-0.3, -0.25) is 9.78 Å². The SMILES string of the molecule is COc1cccc(Oc2nccnc2[C@@H]2CCCN(C(C)=O)C2)c1. The van der Waals surface area contributed by atoms with Crippen molar-refractivity contribution in [1.29, 1.82) is 0 Å². The topological polar surface area (TPSA) is 64.6 Å². The fourth-order valence-electron chi connectivity index (χ4n) is 2.96. The number of rotatable bonds is 4. The Hall–Kier alpha value is -2.63. The van der Waals surface area contributed by atoms with Gasteiger partial charge in [0.05, 0.1) is 7.11 Å². The molecule has 0 spiro atoms. The van der Waals surface area contributed by atoms with Crippen LogP contribution in [-0.2, 0) is 4.79 Å². The molecule has 2 aromatic rings. The smallest absolute Gasteiger partial charge is 0.241 e. The highest BCUT2D eigenvalue weighted by atomic mass is 16.5. The van der Waals surface area contributed by atoms with Crippen LogP contribution in [0.15, 0.2) is 36.7 Å². The van der Waals surface area contributed by atoms with Crippen LogP contribution in [0.5, 0.6) is 17.4 Å². The lowest BCUT2D eigenvalue weighted by atomic mass is 9.94. The minimum absolute atomic E-state index is 0.0962. The van der Waals surface area contributed by atoms with Crippen LogP contribution in [0.3, 0.4) is 0 Å². The first kappa shape index (κ1) is 16.2. The van der Waals surface area contributed by atoms with Crippen molar-refractivity contribution < 1.29 is 14.3 Å². The highest BCUT2D eigenvalue weighted by Gasteiger charge is 2.27. The van der Waals surface area contributed by atoms with E-state index in [1.807, 2.05) is 23.1 Å². The molecule has 0 radical (unpaired) electrons. The molecular formula is C18H21N3O3. The van der Waals surface area contributed by atoms with Crippen LogP contribution in [0.4, 0.5) is 0 Å². The van der Waals surface area contributed by atoms with Gasteiger partial charge < -0.3 is 14.4 Å². The Morgan fingerprint density at radius 1 is 1.25 bits per heavy atom. The van der Waals surface area contributed by atoms with Crippen LogP contribution in [0.1, 0.15) is 31.4 Å². The average molecular weight is 327 g/mol. The van der Waals surface area contributed by atoms with Crippen molar-refractivity contribution in [2.75, 3.05) is 20.2 Å². The number of benzene rings is 1. The van der Waals surface area contributed by atoms with Gasteiger partial charge in [0.2, 0.25) is 11.8 Å². The van der Waals surface area contributed by atoms with E-state index in [1.54, 1.807) is 32.5 Å². The Balaban J connectivity index is 1.83. The molecule has 1 aliphatic heterocycles. The minimum Gasteiger partial charge on any atom is -0.497 e. The van der Waals surface area contributed by atoms with Crippen LogP contribution in [0.25, 0.3) is 0 Å². The molecular weight excluding hydrogens is 306 g/mol. The van der Waals surface area contributed by atoms with Gasteiger partial charge in [-0.25, -0.2) is 4.98 Å². The molecule has 3 rings (SSSR count). The summed E-state index contributed by atoms with van der Waals surface area (Å²) >= 11 is 0. The van der Waals surface area contributed by atoms with Crippen LogP contribution in [0.2, 0.25) is 0 Å². The number of methoxy groups -OCH3 is 1. The number of carbonyl (C=O) groups is 1. The summed E-state index contributed by atoms with van der Waals surface area (Å²) in [6, 6.07) is 7.38. The Labute approximate surface area is 141 Å². The van der Waals surface area contributed by atoms with Crippen molar-refractivity contribution in [2.45, 2.75) is 25.7 Å².